The van der Waals surface area contributed by atoms with Gasteiger partial charge in [-0.05, 0) is 24.6 Å². The Hall–Kier alpha value is -2.23. The molecule has 0 N–H and O–H groups in total. The maximum atomic E-state index is 12.9. The van der Waals surface area contributed by atoms with Crippen molar-refractivity contribution < 1.29 is 27.4 Å². The average molecular weight is 287 g/mol. The largest absolute Gasteiger partial charge is 0.497 e. The monoisotopic (exact) mass is 287 g/mol. The number of benzene rings is 1. The number of halogens is 3. The molecule has 0 aliphatic carbocycles. The summed E-state index contributed by atoms with van der Waals surface area (Å²) in [4.78, 5) is 11.4. The van der Waals surface area contributed by atoms with Gasteiger partial charge in [0.15, 0.2) is 0 Å². The number of rotatable bonds is 4. The van der Waals surface area contributed by atoms with Gasteiger partial charge in [0.05, 0.1) is 31.3 Å². The number of carbonyl (C=O) groups is 1. The van der Waals surface area contributed by atoms with Crippen molar-refractivity contribution in [3.8, 4) is 11.8 Å². The molecular weight excluding hydrogens is 275 g/mol. The fourth-order valence-corrected chi connectivity index (χ4v) is 1.65. The van der Waals surface area contributed by atoms with Crippen LogP contribution in [-0.2, 0) is 22.1 Å². The average Bonchev–Trinajstić information content (AvgIpc) is 2.36. The Kier molecular flexibility index (Phi) is 4.97. The Morgan fingerprint density at radius 1 is 1.40 bits per heavy atom. The molecule has 108 valence electrons. The van der Waals surface area contributed by atoms with Gasteiger partial charge in [-0.1, -0.05) is 0 Å². The smallest absolute Gasteiger partial charge is 0.417 e. The van der Waals surface area contributed by atoms with E-state index < -0.39 is 29.7 Å². The number of hydrogen-bond acceptors (Lipinski definition) is 4. The molecule has 1 rings (SSSR count). The Bertz CT molecular complexity index is 547. The molecule has 0 aliphatic heterocycles. The third-order valence-electron chi connectivity index (χ3n) is 2.49. The molecule has 0 radical (unpaired) electrons. The van der Waals surface area contributed by atoms with Gasteiger partial charge in [0.1, 0.15) is 11.8 Å². The molecule has 0 saturated heterocycles. The van der Waals surface area contributed by atoms with Crippen LogP contribution in [0.25, 0.3) is 0 Å². The van der Waals surface area contributed by atoms with E-state index in [1.165, 1.54) is 19.2 Å². The first-order chi connectivity index (χ1) is 9.33. The van der Waals surface area contributed by atoms with E-state index in [4.69, 9.17) is 10.00 Å². The van der Waals surface area contributed by atoms with Crippen LogP contribution in [0.5, 0.6) is 5.75 Å². The number of methoxy groups -OCH3 is 1. The molecular formula is C13H12F3NO3. The van der Waals surface area contributed by atoms with Gasteiger partial charge in [0.25, 0.3) is 0 Å². The first-order valence-electron chi connectivity index (χ1n) is 5.67. The van der Waals surface area contributed by atoms with E-state index in [-0.39, 0.29) is 17.9 Å². The highest BCUT2D eigenvalue weighted by molar-refractivity contribution is 5.74. The van der Waals surface area contributed by atoms with Crippen molar-refractivity contribution in [2.45, 2.75) is 19.5 Å². The van der Waals surface area contributed by atoms with Crippen molar-refractivity contribution in [3.05, 3.63) is 28.8 Å². The highest BCUT2D eigenvalue weighted by Gasteiger charge is 2.35. The van der Waals surface area contributed by atoms with Crippen LogP contribution in [-0.4, -0.2) is 19.7 Å². The van der Waals surface area contributed by atoms with Crippen molar-refractivity contribution in [2.75, 3.05) is 13.7 Å². The lowest BCUT2D eigenvalue weighted by Crippen LogP contribution is -2.14. The van der Waals surface area contributed by atoms with Crippen LogP contribution >= 0.6 is 0 Å². The number of nitriles is 1. The summed E-state index contributed by atoms with van der Waals surface area (Å²) in [6.45, 7) is 1.69. The lowest BCUT2D eigenvalue weighted by atomic mass is 9.98. The highest BCUT2D eigenvalue weighted by Crippen LogP contribution is 2.36. The molecule has 0 heterocycles. The third kappa shape index (κ3) is 3.63. The number of hydrogen-bond donors (Lipinski definition) is 0. The lowest BCUT2D eigenvalue weighted by Gasteiger charge is -2.14. The highest BCUT2D eigenvalue weighted by atomic mass is 19.4. The van der Waals surface area contributed by atoms with Crippen LogP contribution in [0, 0.1) is 11.3 Å². The molecule has 20 heavy (non-hydrogen) atoms. The quantitative estimate of drug-likeness (QED) is 0.799. The van der Waals surface area contributed by atoms with E-state index in [0.29, 0.717) is 0 Å². The number of ether oxygens (including phenoxy) is 2. The first kappa shape index (κ1) is 15.8. The predicted octanol–water partition coefficient (Wildman–Crippen LogP) is 2.69. The number of esters is 1. The van der Waals surface area contributed by atoms with Crippen molar-refractivity contribution in [1.82, 2.24) is 0 Å². The summed E-state index contributed by atoms with van der Waals surface area (Å²) >= 11 is 0. The third-order valence-corrected chi connectivity index (χ3v) is 2.49. The fourth-order valence-electron chi connectivity index (χ4n) is 1.65. The van der Waals surface area contributed by atoms with Crippen LogP contribution < -0.4 is 4.74 Å². The summed E-state index contributed by atoms with van der Waals surface area (Å²) in [7, 11) is 1.20. The molecule has 7 heteroatoms. The Balaban J connectivity index is 3.35. The zero-order valence-corrected chi connectivity index (χ0v) is 10.9. The second-order valence-corrected chi connectivity index (χ2v) is 3.80. The van der Waals surface area contributed by atoms with E-state index in [1.807, 2.05) is 0 Å². The molecule has 0 bridgehead atoms. The molecule has 0 spiro atoms. The lowest BCUT2D eigenvalue weighted by molar-refractivity contribution is -0.142. The number of carbonyl (C=O) groups excluding carboxylic acids is 1. The standard InChI is InChI=1S/C13H12F3NO3/c1-3-20-12(18)5-8-4-9(19-2)6-11(10(8)7-17)13(14,15)16/h4,6H,3,5H2,1-2H3. The molecule has 0 unspecified atom stereocenters. The van der Waals surface area contributed by atoms with Gasteiger partial charge in [-0.2, -0.15) is 18.4 Å². The second-order valence-electron chi connectivity index (χ2n) is 3.80. The maximum absolute atomic E-state index is 12.9. The molecule has 1 aromatic rings. The minimum atomic E-state index is -4.71. The minimum Gasteiger partial charge on any atom is -0.497 e. The number of nitrogens with zero attached hydrogens (tertiary/aromatic N) is 1. The van der Waals surface area contributed by atoms with Crippen LogP contribution in [0.4, 0.5) is 13.2 Å². The Labute approximate surface area is 113 Å². The Morgan fingerprint density at radius 3 is 2.50 bits per heavy atom. The van der Waals surface area contributed by atoms with Gasteiger partial charge in [-0.3, -0.25) is 4.79 Å². The second kappa shape index (κ2) is 6.28. The van der Waals surface area contributed by atoms with Gasteiger partial charge in [-0.15, -0.1) is 0 Å². The zero-order valence-electron chi connectivity index (χ0n) is 10.9. The molecule has 4 nitrogen and oxygen atoms in total. The molecule has 0 aliphatic rings. The van der Waals surface area contributed by atoms with E-state index in [0.717, 1.165) is 6.07 Å². The molecule has 1 aromatic carbocycles. The van der Waals surface area contributed by atoms with E-state index in [1.54, 1.807) is 6.92 Å². The van der Waals surface area contributed by atoms with E-state index in [9.17, 15) is 18.0 Å². The topological polar surface area (TPSA) is 59.3 Å². The van der Waals surface area contributed by atoms with Crippen molar-refractivity contribution in [2.24, 2.45) is 0 Å². The van der Waals surface area contributed by atoms with Crippen LogP contribution in [0.2, 0.25) is 0 Å². The molecule has 0 fully saturated rings. The van der Waals surface area contributed by atoms with Crippen LogP contribution in [0.15, 0.2) is 12.1 Å². The fraction of sp³-hybridized carbons (Fsp3) is 0.385. The summed E-state index contributed by atoms with van der Waals surface area (Å²) in [6.07, 6.45) is -5.12. The van der Waals surface area contributed by atoms with Crippen molar-refractivity contribution >= 4 is 5.97 Å². The molecule has 0 saturated carbocycles. The predicted molar refractivity (Wildman–Crippen MR) is 63.0 cm³/mol. The molecule has 0 amide bonds. The normalized spacial score (nSPS) is 10.8. The van der Waals surface area contributed by atoms with Gasteiger partial charge < -0.3 is 9.47 Å². The van der Waals surface area contributed by atoms with Crippen molar-refractivity contribution in [1.29, 1.82) is 5.26 Å². The summed E-state index contributed by atoms with van der Waals surface area (Å²) in [6, 6.07) is 3.44. The number of alkyl halides is 3. The summed E-state index contributed by atoms with van der Waals surface area (Å²) in [5.41, 5.74) is -1.79. The summed E-state index contributed by atoms with van der Waals surface area (Å²) in [5.74, 6) is -0.777. The van der Waals surface area contributed by atoms with Gasteiger partial charge in [0.2, 0.25) is 0 Å². The van der Waals surface area contributed by atoms with E-state index in [2.05, 4.69) is 4.74 Å². The molecule has 0 atom stereocenters. The van der Waals surface area contributed by atoms with Crippen molar-refractivity contribution in [3.63, 3.8) is 0 Å². The molecule has 0 aromatic heterocycles. The SMILES string of the molecule is CCOC(=O)Cc1cc(OC)cc(C(F)(F)F)c1C#N. The van der Waals surface area contributed by atoms with Gasteiger partial charge >= 0.3 is 12.1 Å². The summed E-state index contributed by atoms with van der Waals surface area (Å²) < 4.78 is 48.1. The van der Waals surface area contributed by atoms with Crippen LogP contribution in [0.3, 0.4) is 0 Å². The maximum Gasteiger partial charge on any atom is 0.417 e. The Morgan fingerprint density at radius 2 is 2.05 bits per heavy atom. The minimum absolute atomic E-state index is 0.0716. The van der Waals surface area contributed by atoms with Gasteiger partial charge in [0, 0.05) is 0 Å². The summed E-state index contributed by atoms with van der Waals surface area (Å²) in [5, 5.41) is 8.93. The zero-order chi connectivity index (χ0) is 15.3. The first-order valence-corrected chi connectivity index (χ1v) is 5.67. The van der Waals surface area contributed by atoms with Gasteiger partial charge in [-0.25, -0.2) is 0 Å². The van der Waals surface area contributed by atoms with E-state index >= 15 is 0 Å². The van der Waals surface area contributed by atoms with Crippen LogP contribution in [0.1, 0.15) is 23.6 Å².